The zero-order chi connectivity index (χ0) is 31.8. The third kappa shape index (κ3) is 14.7. The highest BCUT2D eigenvalue weighted by Gasteiger charge is 2.13. The minimum absolute atomic E-state index is 0.281. The molecular weight excluding hydrogens is 550 g/mol. The van der Waals surface area contributed by atoms with E-state index in [1.807, 2.05) is 12.1 Å². The maximum atomic E-state index is 9.88. The molecule has 0 fully saturated rings. The second-order valence-corrected chi connectivity index (χ2v) is 12.5. The van der Waals surface area contributed by atoms with Crippen molar-refractivity contribution in [2.45, 2.75) is 123 Å². The number of allylic oxidation sites excluding steroid dienone is 1. The number of phenols is 1. The van der Waals surface area contributed by atoms with Crippen molar-refractivity contribution in [2.24, 2.45) is 0 Å². The predicted molar refractivity (Wildman–Crippen MR) is 195 cm³/mol. The number of nitrogens with one attached hydrogen (secondary N) is 1. The molecule has 3 nitrogen and oxygen atoms in total. The van der Waals surface area contributed by atoms with Crippen LogP contribution in [0.2, 0.25) is 0 Å². The molecule has 3 heteroatoms. The van der Waals surface area contributed by atoms with Gasteiger partial charge in [0.1, 0.15) is 18.1 Å². The molecule has 0 unspecified atom stereocenters. The molecule has 246 valence electrons. The summed E-state index contributed by atoms with van der Waals surface area (Å²) in [4.78, 5) is 0. The van der Waals surface area contributed by atoms with Crippen molar-refractivity contribution in [2.75, 3.05) is 19.7 Å². The molecular formula is C42H61NO2. The summed E-state index contributed by atoms with van der Waals surface area (Å²) in [5.74, 6) is 1.17. The largest absolute Gasteiger partial charge is 0.508 e. The van der Waals surface area contributed by atoms with Crippen molar-refractivity contribution < 1.29 is 9.84 Å². The smallest absolute Gasteiger partial charge is 0.119 e. The number of benzene rings is 3. The van der Waals surface area contributed by atoms with Gasteiger partial charge in [0.25, 0.3) is 0 Å². The average molecular weight is 612 g/mol. The van der Waals surface area contributed by atoms with Crippen molar-refractivity contribution in [3.8, 4) is 11.5 Å². The molecule has 0 amide bonds. The van der Waals surface area contributed by atoms with E-state index in [1.165, 1.54) is 119 Å². The molecule has 3 aromatic rings. The minimum Gasteiger partial charge on any atom is -0.508 e. The number of phenolic OH excluding ortho intramolecular Hbond substituents is 1. The molecule has 3 aromatic carbocycles. The number of hydrogen-bond acceptors (Lipinski definition) is 3. The highest BCUT2D eigenvalue weighted by Crippen LogP contribution is 2.35. The van der Waals surface area contributed by atoms with E-state index >= 15 is 0 Å². The molecule has 0 aromatic heterocycles. The summed E-state index contributed by atoms with van der Waals surface area (Å²) in [6.07, 6.45) is 23.4. The third-order valence-electron chi connectivity index (χ3n) is 8.83. The van der Waals surface area contributed by atoms with Crippen LogP contribution in [0.3, 0.4) is 0 Å². The second-order valence-electron chi connectivity index (χ2n) is 12.5. The highest BCUT2D eigenvalue weighted by atomic mass is 16.5. The SMILES string of the molecule is CCCCCCCCCCCCCCCCCCNCCOc1ccc(/C(=C(\CC)c2ccccc2)c2ccc(O)cc2)cc1. The van der Waals surface area contributed by atoms with E-state index in [0.29, 0.717) is 6.61 Å². The van der Waals surface area contributed by atoms with Crippen molar-refractivity contribution in [1.29, 1.82) is 0 Å². The van der Waals surface area contributed by atoms with Gasteiger partial charge < -0.3 is 15.2 Å². The topological polar surface area (TPSA) is 41.5 Å². The fraction of sp³-hybridized carbons (Fsp3) is 0.524. The summed E-state index contributed by atoms with van der Waals surface area (Å²) in [7, 11) is 0. The van der Waals surface area contributed by atoms with Gasteiger partial charge in [-0.1, -0.05) is 165 Å². The van der Waals surface area contributed by atoms with E-state index in [9.17, 15) is 5.11 Å². The van der Waals surface area contributed by atoms with Crippen molar-refractivity contribution in [3.05, 3.63) is 95.6 Å². The summed E-state index contributed by atoms with van der Waals surface area (Å²) < 4.78 is 6.06. The van der Waals surface area contributed by atoms with Crippen molar-refractivity contribution >= 4 is 11.1 Å². The van der Waals surface area contributed by atoms with Crippen LogP contribution in [0.4, 0.5) is 0 Å². The van der Waals surface area contributed by atoms with Gasteiger partial charge in [-0.25, -0.2) is 0 Å². The van der Waals surface area contributed by atoms with Crippen LogP contribution in [0.15, 0.2) is 78.9 Å². The summed E-state index contributed by atoms with van der Waals surface area (Å²) in [6, 6.07) is 26.5. The minimum atomic E-state index is 0.281. The Kier molecular flexibility index (Phi) is 18.9. The first-order chi connectivity index (χ1) is 22.2. The zero-order valence-electron chi connectivity index (χ0n) is 28.5. The first-order valence-corrected chi connectivity index (χ1v) is 18.2. The second kappa shape index (κ2) is 23.3. The van der Waals surface area contributed by atoms with Crippen LogP contribution in [0.5, 0.6) is 11.5 Å². The fourth-order valence-corrected chi connectivity index (χ4v) is 6.19. The lowest BCUT2D eigenvalue weighted by Crippen LogP contribution is -2.22. The Hall–Kier alpha value is -3.04. The van der Waals surface area contributed by atoms with E-state index in [1.54, 1.807) is 12.1 Å². The third-order valence-corrected chi connectivity index (χ3v) is 8.83. The molecule has 0 saturated carbocycles. The van der Waals surface area contributed by atoms with Gasteiger partial charge in [0.2, 0.25) is 0 Å². The monoisotopic (exact) mass is 611 g/mol. The normalized spacial score (nSPS) is 11.9. The predicted octanol–water partition coefficient (Wildman–Crippen LogP) is 12.0. The van der Waals surface area contributed by atoms with E-state index in [2.05, 4.69) is 73.8 Å². The first-order valence-electron chi connectivity index (χ1n) is 18.2. The molecule has 0 aliphatic carbocycles. The number of rotatable bonds is 25. The molecule has 0 aliphatic heterocycles. The van der Waals surface area contributed by atoms with E-state index in [0.717, 1.165) is 36.4 Å². The van der Waals surface area contributed by atoms with E-state index < -0.39 is 0 Å². The summed E-state index contributed by atoms with van der Waals surface area (Å²) in [5.41, 5.74) is 5.94. The molecule has 0 radical (unpaired) electrons. The van der Waals surface area contributed by atoms with Gasteiger partial charge in [0.15, 0.2) is 0 Å². The van der Waals surface area contributed by atoms with Crippen LogP contribution >= 0.6 is 0 Å². The maximum Gasteiger partial charge on any atom is 0.119 e. The summed E-state index contributed by atoms with van der Waals surface area (Å²) >= 11 is 0. The van der Waals surface area contributed by atoms with Crippen LogP contribution in [0.25, 0.3) is 11.1 Å². The van der Waals surface area contributed by atoms with Gasteiger partial charge in [-0.05, 0) is 71.5 Å². The lowest BCUT2D eigenvalue weighted by atomic mass is 9.88. The van der Waals surface area contributed by atoms with Gasteiger partial charge in [-0.3, -0.25) is 0 Å². The Morgan fingerprint density at radius 3 is 1.53 bits per heavy atom. The first kappa shape index (κ1) is 36.4. The van der Waals surface area contributed by atoms with Gasteiger partial charge >= 0.3 is 0 Å². The average Bonchev–Trinajstić information content (AvgIpc) is 3.07. The molecule has 2 N–H and O–H groups in total. The number of ether oxygens (including phenoxy) is 1. The molecule has 0 spiro atoms. The van der Waals surface area contributed by atoms with Gasteiger partial charge in [-0.2, -0.15) is 0 Å². The van der Waals surface area contributed by atoms with Crippen LogP contribution in [-0.2, 0) is 0 Å². The Morgan fingerprint density at radius 1 is 0.533 bits per heavy atom. The lowest BCUT2D eigenvalue weighted by Gasteiger charge is -2.17. The quantitative estimate of drug-likeness (QED) is 0.0739. The molecule has 45 heavy (non-hydrogen) atoms. The number of unbranched alkanes of at least 4 members (excludes halogenated alkanes) is 15. The number of aromatic hydroxyl groups is 1. The standard InChI is InChI=1S/C42H61NO2/c1-3-5-6-7-8-9-10-11-12-13-14-15-16-17-18-22-33-43-34-35-45-40-31-27-38(28-32-40)42(37-25-29-39(44)30-26-37)41(4-2)36-23-20-19-21-24-36/h19-21,23-32,43-44H,3-18,22,33-35H2,1-2H3/b42-41+. The van der Waals surface area contributed by atoms with Crippen molar-refractivity contribution in [1.82, 2.24) is 5.32 Å². The molecule has 0 heterocycles. The Labute approximate surface area is 275 Å². The summed E-state index contributed by atoms with van der Waals surface area (Å²) in [5, 5.41) is 13.4. The van der Waals surface area contributed by atoms with Gasteiger partial charge in [0, 0.05) is 6.54 Å². The van der Waals surface area contributed by atoms with E-state index in [-0.39, 0.29) is 5.75 Å². The van der Waals surface area contributed by atoms with Crippen LogP contribution in [0, 0.1) is 0 Å². The van der Waals surface area contributed by atoms with Crippen LogP contribution in [-0.4, -0.2) is 24.8 Å². The Bertz CT molecular complexity index is 1170. The molecule has 0 saturated heterocycles. The zero-order valence-corrected chi connectivity index (χ0v) is 28.5. The van der Waals surface area contributed by atoms with Crippen LogP contribution < -0.4 is 10.1 Å². The van der Waals surface area contributed by atoms with Gasteiger partial charge in [-0.15, -0.1) is 0 Å². The molecule has 0 aliphatic rings. The van der Waals surface area contributed by atoms with E-state index in [4.69, 9.17) is 4.74 Å². The lowest BCUT2D eigenvalue weighted by molar-refractivity contribution is 0.313. The Balaban J connectivity index is 1.27. The van der Waals surface area contributed by atoms with Crippen molar-refractivity contribution in [3.63, 3.8) is 0 Å². The summed E-state index contributed by atoms with van der Waals surface area (Å²) in [6.45, 7) is 7.10. The van der Waals surface area contributed by atoms with Crippen LogP contribution in [0.1, 0.15) is 140 Å². The maximum absolute atomic E-state index is 9.88. The Morgan fingerprint density at radius 2 is 1.02 bits per heavy atom. The van der Waals surface area contributed by atoms with Gasteiger partial charge in [0.05, 0.1) is 0 Å². The number of hydrogen-bond donors (Lipinski definition) is 2. The molecule has 0 bridgehead atoms. The molecule has 0 atom stereocenters. The molecule has 3 rings (SSSR count). The fourth-order valence-electron chi connectivity index (χ4n) is 6.19. The highest BCUT2D eigenvalue weighted by molar-refractivity contribution is 5.98.